The minimum absolute atomic E-state index is 0. The predicted molar refractivity (Wildman–Crippen MR) is 419 cm³/mol. The molecule has 0 unspecified atom stereocenters. The first-order chi connectivity index (χ1) is 56.5. The van der Waals surface area contributed by atoms with Crippen LogP contribution in [0.15, 0.2) is 255 Å². The number of para-hydroxylation sites is 1. The first-order valence-corrected chi connectivity index (χ1v) is 34.1. The van der Waals surface area contributed by atoms with Crippen LogP contribution in [0.4, 0.5) is 0 Å². The summed E-state index contributed by atoms with van der Waals surface area (Å²) in [5.41, 5.74) is 7.96. The van der Waals surface area contributed by atoms with Gasteiger partial charge in [-0.1, -0.05) is 232 Å². The molecular formula is C96H82N4OPt-2. The van der Waals surface area contributed by atoms with E-state index >= 15 is 0 Å². The van der Waals surface area contributed by atoms with Gasteiger partial charge in [0.05, 0.1) is 34.5 Å². The maximum absolute atomic E-state index is 10.7. The number of hydrogen-bond acceptors (Lipinski definition) is 2. The summed E-state index contributed by atoms with van der Waals surface area (Å²) in [5.74, 6) is 1.22. The topological polar surface area (TPSA) is 35.9 Å². The van der Waals surface area contributed by atoms with Gasteiger partial charge in [-0.25, -0.2) is 4.98 Å². The van der Waals surface area contributed by atoms with E-state index in [-0.39, 0.29) is 65.5 Å². The minimum Gasteiger partial charge on any atom is -0.510 e. The molecule has 12 aromatic carbocycles. The summed E-state index contributed by atoms with van der Waals surface area (Å²) in [6, 6.07) is 50.3. The van der Waals surface area contributed by atoms with Gasteiger partial charge >= 0.3 is 0 Å². The number of rotatable bonds is 9. The van der Waals surface area contributed by atoms with Crippen LogP contribution in [0.3, 0.4) is 0 Å². The van der Waals surface area contributed by atoms with Crippen LogP contribution >= 0.6 is 0 Å². The smallest absolute Gasteiger partial charge is 0.268 e. The second kappa shape index (κ2) is 25.0. The van der Waals surface area contributed by atoms with E-state index in [1.165, 1.54) is 18.2 Å². The van der Waals surface area contributed by atoms with Crippen molar-refractivity contribution in [1.82, 2.24) is 14.1 Å². The fourth-order valence-corrected chi connectivity index (χ4v) is 14.9. The summed E-state index contributed by atoms with van der Waals surface area (Å²) in [6.07, 6.45) is 7.30. The van der Waals surface area contributed by atoms with E-state index in [1.54, 1.807) is 34.9 Å². The Labute approximate surface area is 641 Å². The predicted octanol–water partition coefficient (Wildman–Crippen LogP) is 24.8. The molecule has 5 nitrogen and oxygen atoms in total. The SMILES string of the molecule is [2H]c1c([2H])c([2H])c(-c2c([2H])c(-c3cc4c5c(c3)n(-c3[c-]c(Oc6[c-]c7c(cc6)c6ccccc6n7-c6cc(C(C)(C)C)ccn6)ccc3)[c-][n+]5-c3c(-c5ccc(C(C)(C)C)cc5)cc(-c5c(C([2H])([2H])[2H])cccc5C([2H])([2H])[2H])cc3-c3cc5c(cc3-c3ccccc3-4)C(C)(C)CCC5(C)C)c([2H])c(-c3c([2H])c([2H])c([2H])c([2H])c3[2H])c2[2H])c([2H])c1[2H].[Pt]. The molecule has 17 rings (SSSR count). The summed E-state index contributed by atoms with van der Waals surface area (Å²) < 4.78 is 191. The molecule has 1 aliphatic carbocycles. The normalized spacial score (nSPS) is 16.6. The summed E-state index contributed by atoms with van der Waals surface area (Å²) in [6.45, 7) is 16.0. The second-order valence-corrected chi connectivity index (χ2v) is 30.0. The number of nitrogens with zero attached hydrogens (tertiary/aromatic N) is 4. The molecule has 0 N–H and O–H groups in total. The number of ether oxygens (including phenoxy) is 1. The minimum atomic E-state index is -2.83. The van der Waals surface area contributed by atoms with Crippen molar-refractivity contribution in [1.29, 1.82) is 0 Å². The van der Waals surface area contributed by atoms with Crippen LogP contribution in [0, 0.1) is 32.2 Å². The molecule has 3 aromatic heterocycles. The van der Waals surface area contributed by atoms with Crippen LogP contribution < -0.4 is 9.30 Å². The van der Waals surface area contributed by atoms with E-state index in [4.69, 9.17) is 17.9 Å². The molecule has 0 atom stereocenters. The van der Waals surface area contributed by atoms with Gasteiger partial charge in [0.25, 0.3) is 6.33 Å². The first-order valence-electron chi connectivity index (χ1n) is 43.6. The van der Waals surface area contributed by atoms with Gasteiger partial charge in [0.2, 0.25) is 0 Å². The van der Waals surface area contributed by atoms with Gasteiger partial charge in [0.15, 0.2) is 0 Å². The van der Waals surface area contributed by atoms with Gasteiger partial charge in [0.1, 0.15) is 5.82 Å². The van der Waals surface area contributed by atoms with Crippen molar-refractivity contribution in [2.24, 2.45) is 0 Å². The zero-order chi connectivity index (χ0) is 85.7. The van der Waals surface area contributed by atoms with Crippen molar-refractivity contribution in [3.63, 3.8) is 0 Å². The number of aryl methyl sites for hydroxylation is 2. The zero-order valence-electron chi connectivity index (χ0n) is 77.2. The molecule has 6 heteroatoms. The number of aromatic nitrogens is 4. The van der Waals surface area contributed by atoms with Crippen molar-refractivity contribution in [2.75, 3.05) is 0 Å². The summed E-state index contributed by atoms with van der Waals surface area (Å²) in [7, 11) is 0. The Morgan fingerprint density at radius 1 is 0.480 bits per heavy atom. The number of benzene rings is 12. The molecular weight excluding hydrogens is 1420 g/mol. The summed E-state index contributed by atoms with van der Waals surface area (Å²) in [5, 5.41) is 1.87. The van der Waals surface area contributed by atoms with Crippen molar-refractivity contribution >= 4 is 32.8 Å². The molecule has 0 saturated heterocycles. The monoisotopic (exact) mass is 1520 g/mol. The molecule has 2 aliphatic rings. The van der Waals surface area contributed by atoms with Crippen molar-refractivity contribution in [3.05, 3.63) is 306 Å². The van der Waals surface area contributed by atoms with Gasteiger partial charge in [-0.05, 0) is 242 Å². The van der Waals surface area contributed by atoms with Crippen LogP contribution in [0.1, 0.15) is 142 Å². The molecule has 102 heavy (non-hydrogen) atoms. The molecule has 0 saturated carbocycles. The van der Waals surface area contributed by atoms with Crippen LogP contribution in [0.25, 0.3) is 139 Å². The second-order valence-electron chi connectivity index (χ2n) is 30.0. The van der Waals surface area contributed by atoms with Gasteiger partial charge in [0, 0.05) is 52.5 Å². The summed E-state index contributed by atoms with van der Waals surface area (Å²) >= 11 is 0. The quantitative estimate of drug-likeness (QED) is 0.107. The zero-order valence-corrected chi connectivity index (χ0v) is 60.4. The van der Waals surface area contributed by atoms with Crippen molar-refractivity contribution in [3.8, 4) is 118 Å². The molecule has 0 amide bonds. The van der Waals surface area contributed by atoms with Gasteiger partial charge in [-0.3, -0.25) is 4.57 Å². The Bertz CT molecular complexity index is 6730. The molecule has 0 radical (unpaired) electrons. The van der Waals surface area contributed by atoms with E-state index in [0.717, 1.165) is 56.9 Å². The van der Waals surface area contributed by atoms with Gasteiger partial charge in [-0.15, -0.1) is 29.7 Å². The molecule has 4 heterocycles. The average Bonchev–Trinajstić information content (AvgIpc) is 1.63. The van der Waals surface area contributed by atoms with Gasteiger partial charge < -0.3 is 13.9 Å². The molecule has 0 spiro atoms. The van der Waals surface area contributed by atoms with Crippen LogP contribution in [0.5, 0.6) is 11.5 Å². The van der Waals surface area contributed by atoms with E-state index in [0.29, 0.717) is 84.0 Å². The largest absolute Gasteiger partial charge is 0.510 e. The maximum atomic E-state index is 10.7. The number of fused-ring (bicyclic) bond motifs is 11. The van der Waals surface area contributed by atoms with E-state index in [1.807, 2.05) is 108 Å². The molecule has 0 fully saturated rings. The van der Waals surface area contributed by atoms with E-state index < -0.39 is 125 Å². The van der Waals surface area contributed by atoms with Crippen LogP contribution in [-0.4, -0.2) is 14.1 Å². The van der Waals surface area contributed by atoms with Crippen LogP contribution in [0.2, 0.25) is 0 Å². The Kier molecular flexibility index (Phi) is 11.7. The Balaban J connectivity index is 0.0000109. The van der Waals surface area contributed by atoms with Gasteiger partial charge in [-0.2, -0.15) is 18.2 Å². The maximum Gasteiger partial charge on any atom is 0.268 e. The Morgan fingerprint density at radius 2 is 1.06 bits per heavy atom. The third kappa shape index (κ3) is 11.5. The number of pyridine rings is 1. The van der Waals surface area contributed by atoms with Crippen molar-refractivity contribution < 1.29 is 56.4 Å². The van der Waals surface area contributed by atoms with Crippen LogP contribution in [-0.2, 0) is 42.7 Å². The standard InChI is InChI=1S/C96H82N4O.Pt/c1-60-25-23-26-61(2)90(60)69-51-79(64-37-39-70(40-38-64)93(3,4)5)91-83(52-69)81-58-85-84(95(9,10)44-45-96(85,11)12)57-80(81)75-33-19-20-34-76(75)82-50-68(67-48-65(62-27-15-13-16-28-62)47-66(49-67)63-29-17-14-18-30-63)53-88-92(82)99(91)59-98(88)72-31-24-32-73(55-72)101-74-41-42-78-77-35-21-22-36-86(77)100(87(78)56-74)89-54-71(43-46-97-89)94(6,7)8;/h13-43,46-54,57-58H,44-45H2,1-12H3;/q-2;/i1D3,2D3,13D,14D,15D,16D,17D,18D,27D,28D,29D,30D,47D,48D,49D;. The molecule has 15 aromatic rings. The first kappa shape index (κ1) is 47.6. The fraction of sp³-hybridized carbons (Fsp3) is 0.188. The molecule has 0 bridgehead atoms. The molecule has 504 valence electrons. The fourth-order valence-electron chi connectivity index (χ4n) is 14.9. The average molecular weight is 1520 g/mol. The third-order valence-electron chi connectivity index (χ3n) is 20.4. The van der Waals surface area contributed by atoms with Crippen molar-refractivity contribution in [2.45, 2.75) is 117 Å². The summed E-state index contributed by atoms with van der Waals surface area (Å²) in [4.78, 5) is 4.91. The Morgan fingerprint density at radius 3 is 1.71 bits per heavy atom. The molecule has 1 aliphatic heterocycles. The van der Waals surface area contributed by atoms with E-state index in [9.17, 15) is 17.8 Å². The van der Waals surface area contributed by atoms with E-state index in [2.05, 4.69) is 117 Å². The third-order valence-corrected chi connectivity index (χ3v) is 20.4. The number of hydrogen-bond donors (Lipinski definition) is 0. The Hall–Kier alpha value is -10.5. The number of imidazole rings is 1.